The van der Waals surface area contributed by atoms with Gasteiger partial charge < -0.3 is 5.43 Å². The van der Waals surface area contributed by atoms with Crippen LogP contribution >= 0.6 is 0 Å². The summed E-state index contributed by atoms with van der Waals surface area (Å²) in [6.07, 6.45) is 0.373. The molecule has 0 aromatic heterocycles. The third-order valence-electron chi connectivity index (χ3n) is 3.17. The molecular formula is C17H18N4. The molecule has 2 aromatic carbocycles. The maximum atomic E-state index is 8.61. The number of nitrogens with two attached hydrogens (primary N) is 1. The lowest BCUT2D eigenvalue weighted by Gasteiger charge is -2.12. The average Bonchev–Trinajstić information content (AvgIpc) is 2.53. The van der Waals surface area contributed by atoms with Gasteiger partial charge in [-0.3, -0.25) is 4.99 Å². The van der Waals surface area contributed by atoms with Crippen LogP contribution in [0, 0.1) is 18.3 Å². The Bertz CT molecular complexity index is 666. The van der Waals surface area contributed by atoms with Gasteiger partial charge in [0.05, 0.1) is 19.0 Å². The highest BCUT2D eigenvalue weighted by Gasteiger charge is 2.09. The van der Waals surface area contributed by atoms with Crippen LogP contribution < -0.4 is 11.3 Å². The minimum Gasteiger partial charge on any atom is -0.308 e. The van der Waals surface area contributed by atoms with Crippen molar-refractivity contribution >= 4 is 5.84 Å². The Morgan fingerprint density at radius 1 is 1.19 bits per heavy atom. The zero-order chi connectivity index (χ0) is 15.1. The van der Waals surface area contributed by atoms with Gasteiger partial charge in [0.1, 0.15) is 5.84 Å². The van der Waals surface area contributed by atoms with Gasteiger partial charge in [0.25, 0.3) is 0 Å². The van der Waals surface area contributed by atoms with Crippen LogP contribution in [0.25, 0.3) is 11.1 Å². The molecule has 0 bridgehead atoms. The van der Waals surface area contributed by atoms with Crippen molar-refractivity contribution in [3.63, 3.8) is 0 Å². The average molecular weight is 278 g/mol. The Hall–Kier alpha value is -2.64. The molecule has 0 fully saturated rings. The SMILES string of the molecule is Cc1ccc(-c2ccccc2C(=NCCC#N)NN)cc1. The lowest BCUT2D eigenvalue weighted by molar-refractivity contribution is 0.958. The van der Waals surface area contributed by atoms with Crippen LogP contribution in [0.2, 0.25) is 0 Å². The summed E-state index contributed by atoms with van der Waals surface area (Å²) in [5, 5.41) is 8.61. The van der Waals surface area contributed by atoms with E-state index in [-0.39, 0.29) is 0 Å². The minimum absolute atomic E-state index is 0.373. The monoisotopic (exact) mass is 278 g/mol. The summed E-state index contributed by atoms with van der Waals surface area (Å²) in [5.41, 5.74) is 6.96. The number of aliphatic imine (C=N–C) groups is 1. The molecule has 4 heteroatoms. The van der Waals surface area contributed by atoms with Crippen LogP contribution in [-0.4, -0.2) is 12.4 Å². The molecule has 0 aliphatic heterocycles. The first-order chi connectivity index (χ1) is 10.3. The summed E-state index contributed by atoms with van der Waals surface area (Å²) in [6, 6.07) is 18.3. The number of rotatable bonds is 4. The maximum absolute atomic E-state index is 8.61. The fourth-order valence-electron chi connectivity index (χ4n) is 2.10. The van der Waals surface area contributed by atoms with Crippen LogP contribution in [0.15, 0.2) is 53.5 Å². The Morgan fingerprint density at radius 3 is 2.57 bits per heavy atom. The number of aryl methyl sites for hydroxylation is 1. The molecule has 2 aromatic rings. The molecule has 2 rings (SSSR count). The van der Waals surface area contributed by atoms with E-state index in [0.717, 1.165) is 16.7 Å². The van der Waals surface area contributed by atoms with E-state index in [1.54, 1.807) is 0 Å². The first-order valence-corrected chi connectivity index (χ1v) is 6.80. The lowest BCUT2D eigenvalue weighted by Crippen LogP contribution is -2.31. The maximum Gasteiger partial charge on any atom is 0.143 e. The molecule has 0 spiro atoms. The molecule has 0 heterocycles. The van der Waals surface area contributed by atoms with E-state index >= 15 is 0 Å². The number of benzene rings is 2. The van der Waals surface area contributed by atoms with Crippen molar-refractivity contribution < 1.29 is 0 Å². The summed E-state index contributed by atoms with van der Waals surface area (Å²) < 4.78 is 0. The van der Waals surface area contributed by atoms with Gasteiger partial charge in [0.15, 0.2) is 0 Å². The highest BCUT2D eigenvalue weighted by atomic mass is 15.2. The Morgan fingerprint density at radius 2 is 1.90 bits per heavy atom. The second kappa shape index (κ2) is 7.22. The number of nitrogens with zero attached hydrogens (tertiary/aromatic N) is 2. The van der Waals surface area contributed by atoms with E-state index in [4.69, 9.17) is 11.1 Å². The van der Waals surface area contributed by atoms with Crippen molar-refractivity contribution in [2.75, 3.05) is 6.54 Å². The predicted molar refractivity (Wildman–Crippen MR) is 85.6 cm³/mol. The third-order valence-corrected chi connectivity index (χ3v) is 3.17. The van der Waals surface area contributed by atoms with Gasteiger partial charge in [-0.1, -0.05) is 54.1 Å². The lowest BCUT2D eigenvalue weighted by atomic mass is 9.98. The molecule has 0 aliphatic carbocycles. The number of hydrazine groups is 1. The molecule has 0 unspecified atom stereocenters. The fraction of sp³-hybridized carbons (Fsp3) is 0.176. The third kappa shape index (κ3) is 3.68. The van der Waals surface area contributed by atoms with Gasteiger partial charge in [-0.15, -0.1) is 0 Å². The summed E-state index contributed by atoms with van der Waals surface area (Å²) in [4.78, 5) is 4.36. The van der Waals surface area contributed by atoms with Crippen molar-refractivity contribution in [3.05, 3.63) is 59.7 Å². The predicted octanol–water partition coefficient (Wildman–Crippen LogP) is 2.79. The second-order valence-electron chi connectivity index (χ2n) is 4.69. The quantitative estimate of drug-likeness (QED) is 0.297. The fourth-order valence-corrected chi connectivity index (χ4v) is 2.10. The number of hydrogen-bond acceptors (Lipinski definition) is 3. The Kier molecular flexibility index (Phi) is 5.08. The van der Waals surface area contributed by atoms with Crippen LogP contribution in [0.5, 0.6) is 0 Å². The van der Waals surface area contributed by atoms with E-state index in [9.17, 15) is 0 Å². The number of amidine groups is 1. The molecule has 21 heavy (non-hydrogen) atoms. The van der Waals surface area contributed by atoms with Crippen molar-refractivity contribution in [1.82, 2.24) is 5.43 Å². The smallest absolute Gasteiger partial charge is 0.143 e. The van der Waals surface area contributed by atoms with E-state index in [1.807, 2.05) is 24.3 Å². The van der Waals surface area contributed by atoms with Crippen LogP contribution in [-0.2, 0) is 0 Å². The molecular weight excluding hydrogens is 260 g/mol. The molecule has 4 nitrogen and oxygen atoms in total. The number of nitrogens with one attached hydrogen (secondary N) is 1. The van der Waals surface area contributed by atoms with Crippen LogP contribution in [0.4, 0.5) is 0 Å². The van der Waals surface area contributed by atoms with Crippen molar-refractivity contribution in [2.45, 2.75) is 13.3 Å². The van der Waals surface area contributed by atoms with Gasteiger partial charge in [-0.25, -0.2) is 5.84 Å². The van der Waals surface area contributed by atoms with Gasteiger partial charge >= 0.3 is 0 Å². The molecule has 0 saturated heterocycles. The standard InChI is InChI=1S/C17H18N4/c1-13-7-9-14(10-8-13)15-5-2-3-6-16(15)17(21-19)20-12-4-11-18/h2-3,5-10H,4,12,19H2,1H3,(H,20,21). The largest absolute Gasteiger partial charge is 0.308 e. The van der Waals surface area contributed by atoms with Gasteiger partial charge in [0, 0.05) is 5.56 Å². The van der Waals surface area contributed by atoms with E-state index < -0.39 is 0 Å². The van der Waals surface area contributed by atoms with Gasteiger partial charge in [-0.05, 0) is 18.1 Å². The van der Waals surface area contributed by atoms with E-state index in [2.05, 4.69) is 47.7 Å². The Balaban J connectivity index is 2.42. The zero-order valence-electron chi connectivity index (χ0n) is 12.0. The van der Waals surface area contributed by atoms with Crippen LogP contribution in [0.1, 0.15) is 17.5 Å². The first kappa shape index (κ1) is 14.8. The normalized spacial score (nSPS) is 11.0. The molecule has 106 valence electrons. The minimum atomic E-state index is 0.373. The molecule has 3 N–H and O–H groups in total. The topological polar surface area (TPSA) is 74.2 Å². The van der Waals surface area contributed by atoms with Crippen molar-refractivity contribution in [3.8, 4) is 17.2 Å². The molecule has 0 amide bonds. The Labute approximate surface area is 124 Å². The summed E-state index contributed by atoms with van der Waals surface area (Å²) >= 11 is 0. The van der Waals surface area contributed by atoms with Gasteiger partial charge in [-0.2, -0.15) is 5.26 Å². The molecule has 0 aliphatic rings. The first-order valence-electron chi connectivity index (χ1n) is 6.80. The molecule has 0 saturated carbocycles. The van der Waals surface area contributed by atoms with E-state index in [1.165, 1.54) is 5.56 Å². The van der Waals surface area contributed by atoms with Crippen LogP contribution in [0.3, 0.4) is 0 Å². The summed E-state index contributed by atoms with van der Waals surface area (Å²) in [5.74, 6) is 6.19. The summed E-state index contributed by atoms with van der Waals surface area (Å²) in [6.45, 7) is 2.49. The summed E-state index contributed by atoms with van der Waals surface area (Å²) in [7, 11) is 0. The van der Waals surface area contributed by atoms with E-state index in [0.29, 0.717) is 18.8 Å². The number of nitriles is 1. The van der Waals surface area contributed by atoms with Crippen molar-refractivity contribution in [1.29, 1.82) is 5.26 Å². The zero-order valence-corrected chi connectivity index (χ0v) is 12.0. The second-order valence-corrected chi connectivity index (χ2v) is 4.69. The number of hydrogen-bond donors (Lipinski definition) is 2. The molecule has 0 atom stereocenters. The highest BCUT2D eigenvalue weighted by Crippen LogP contribution is 2.24. The molecule has 0 radical (unpaired) electrons. The van der Waals surface area contributed by atoms with Crippen molar-refractivity contribution in [2.24, 2.45) is 10.8 Å². The van der Waals surface area contributed by atoms with Gasteiger partial charge in [0.2, 0.25) is 0 Å². The highest BCUT2D eigenvalue weighted by molar-refractivity contribution is 6.04.